The number of benzene rings is 2. The lowest BCUT2D eigenvalue weighted by molar-refractivity contribution is -0.120. The van der Waals surface area contributed by atoms with Gasteiger partial charge in [0.1, 0.15) is 11.3 Å². The van der Waals surface area contributed by atoms with Gasteiger partial charge in [-0.3, -0.25) is 19.0 Å². The van der Waals surface area contributed by atoms with Gasteiger partial charge in [0.25, 0.3) is 0 Å². The summed E-state index contributed by atoms with van der Waals surface area (Å²) >= 11 is 0. The predicted octanol–water partition coefficient (Wildman–Crippen LogP) is 4.08. The lowest BCUT2D eigenvalue weighted by Crippen LogP contribution is -2.24. The summed E-state index contributed by atoms with van der Waals surface area (Å²) in [5.74, 6) is 0.761. The fourth-order valence-corrected chi connectivity index (χ4v) is 4.66. The van der Waals surface area contributed by atoms with Crippen LogP contribution in [0.2, 0.25) is 0 Å². The summed E-state index contributed by atoms with van der Waals surface area (Å²) in [6.07, 6.45) is 5.90. The molecule has 0 spiro atoms. The average Bonchev–Trinajstić information content (AvgIpc) is 3.77. The third kappa shape index (κ3) is 5.53. The number of aldehydes is 1. The second-order valence-electron chi connectivity index (χ2n) is 9.98. The average molecular weight is 546 g/mol. The highest BCUT2D eigenvalue weighted by Crippen LogP contribution is 2.31. The number of anilines is 2. The first kappa shape index (κ1) is 25.9. The van der Waals surface area contributed by atoms with Gasteiger partial charge in [0.2, 0.25) is 11.8 Å². The first-order chi connectivity index (χ1) is 20.0. The van der Waals surface area contributed by atoms with E-state index >= 15 is 0 Å². The number of aromatic nitrogens is 4. The Labute approximate surface area is 235 Å². The summed E-state index contributed by atoms with van der Waals surface area (Å²) in [5, 5.41) is 5.76. The van der Waals surface area contributed by atoms with Gasteiger partial charge in [0.05, 0.1) is 17.7 Å². The van der Waals surface area contributed by atoms with Gasteiger partial charge < -0.3 is 16.4 Å². The molecule has 6 rings (SSSR count). The van der Waals surface area contributed by atoms with E-state index in [1.807, 2.05) is 53.1 Å². The number of rotatable bonds is 9. The Morgan fingerprint density at radius 2 is 1.73 bits per heavy atom. The molecule has 0 unspecified atom stereocenters. The van der Waals surface area contributed by atoms with Gasteiger partial charge in [-0.2, -0.15) is 0 Å². The monoisotopic (exact) mass is 545 g/mol. The number of nitrogens with two attached hydrogens (primary N) is 1. The molecule has 0 aliphatic heterocycles. The van der Waals surface area contributed by atoms with Gasteiger partial charge in [0.15, 0.2) is 17.8 Å². The molecule has 10 heteroatoms. The van der Waals surface area contributed by atoms with Crippen LogP contribution in [0, 0.1) is 5.92 Å². The third-order valence-electron chi connectivity index (χ3n) is 7.00. The van der Waals surface area contributed by atoms with Crippen molar-refractivity contribution in [2.45, 2.75) is 25.8 Å². The minimum absolute atomic E-state index is 0.0108. The molecule has 0 bridgehead atoms. The molecule has 0 radical (unpaired) electrons. The molecule has 1 saturated carbocycles. The quantitative estimate of drug-likeness (QED) is 0.237. The number of fused-ring (bicyclic) bond motifs is 1. The highest BCUT2D eigenvalue weighted by atomic mass is 16.2. The van der Waals surface area contributed by atoms with E-state index in [2.05, 4.69) is 20.6 Å². The zero-order chi connectivity index (χ0) is 28.3. The number of nitrogens with zero attached hydrogens (tertiary/aromatic N) is 4. The number of imidazole rings is 1. The summed E-state index contributed by atoms with van der Waals surface area (Å²) in [6.45, 7) is 0.335. The number of nitrogens with one attached hydrogen (secondary N) is 2. The molecule has 204 valence electrons. The Balaban J connectivity index is 1.16. The van der Waals surface area contributed by atoms with Crippen molar-refractivity contribution in [1.82, 2.24) is 24.8 Å². The van der Waals surface area contributed by atoms with Crippen molar-refractivity contribution < 1.29 is 14.4 Å². The second kappa shape index (κ2) is 11.0. The molecule has 0 atom stereocenters. The second-order valence-corrected chi connectivity index (χ2v) is 9.98. The summed E-state index contributed by atoms with van der Waals surface area (Å²) < 4.78 is 1.94. The van der Waals surface area contributed by atoms with Crippen LogP contribution in [-0.4, -0.2) is 37.6 Å². The normalized spacial score (nSPS) is 12.7. The van der Waals surface area contributed by atoms with Crippen molar-refractivity contribution >= 4 is 40.8 Å². The molecule has 3 heterocycles. The van der Waals surface area contributed by atoms with E-state index in [0.717, 1.165) is 29.6 Å². The van der Waals surface area contributed by atoms with Gasteiger partial charge in [-0.05, 0) is 72.5 Å². The zero-order valence-corrected chi connectivity index (χ0v) is 22.1. The van der Waals surface area contributed by atoms with Gasteiger partial charge in [-0.1, -0.05) is 18.2 Å². The first-order valence-electron chi connectivity index (χ1n) is 13.3. The maximum Gasteiger partial charge on any atom is 0.227 e. The molecule has 0 saturated heterocycles. The lowest BCUT2D eigenvalue weighted by Gasteiger charge is -2.12. The van der Waals surface area contributed by atoms with Crippen LogP contribution < -0.4 is 16.4 Å². The Morgan fingerprint density at radius 1 is 0.976 bits per heavy atom. The van der Waals surface area contributed by atoms with Crippen LogP contribution >= 0.6 is 0 Å². The summed E-state index contributed by atoms with van der Waals surface area (Å²) in [5.41, 5.74) is 11.6. The molecular formula is C31H27N7O3. The molecule has 5 aromatic rings. The van der Waals surface area contributed by atoms with E-state index in [1.54, 1.807) is 30.6 Å². The molecule has 10 nitrogen and oxygen atoms in total. The van der Waals surface area contributed by atoms with Gasteiger partial charge in [0, 0.05) is 36.1 Å². The summed E-state index contributed by atoms with van der Waals surface area (Å²) in [6, 6.07) is 20.2. The minimum Gasteiger partial charge on any atom is -0.383 e. The van der Waals surface area contributed by atoms with Crippen molar-refractivity contribution in [3.8, 4) is 17.1 Å². The smallest absolute Gasteiger partial charge is 0.227 e. The van der Waals surface area contributed by atoms with Crippen LogP contribution in [-0.2, 0) is 22.6 Å². The van der Waals surface area contributed by atoms with Crippen molar-refractivity contribution in [1.29, 1.82) is 0 Å². The molecule has 1 aliphatic carbocycles. The van der Waals surface area contributed by atoms with Gasteiger partial charge in [-0.25, -0.2) is 15.0 Å². The van der Waals surface area contributed by atoms with Gasteiger partial charge >= 0.3 is 0 Å². The van der Waals surface area contributed by atoms with Crippen LogP contribution in [0.25, 0.3) is 28.2 Å². The fourth-order valence-electron chi connectivity index (χ4n) is 4.66. The fraction of sp³-hybridized carbons (Fsp3) is 0.161. The maximum absolute atomic E-state index is 12.7. The predicted molar refractivity (Wildman–Crippen MR) is 155 cm³/mol. The number of amides is 2. The largest absolute Gasteiger partial charge is 0.383 e. The number of hydrogen-bond donors (Lipinski definition) is 3. The van der Waals surface area contributed by atoms with E-state index in [9.17, 15) is 14.4 Å². The molecule has 1 aliphatic rings. The van der Waals surface area contributed by atoms with Crippen molar-refractivity contribution in [3.63, 3.8) is 0 Å². The minimum atomic E-state index is -0.174. The van der Waals surface area contributed by atoms with E-state index in [4.69, 9.17) is 10.7 Å². The molecule has 2 aromatic carbocycles. The topological polar surface area (TPSA) is 145 Å². The van der Waals surface area contributed by atoms with Crippen molar-refractivity contribution in [3.05, 3.63) is 95.8 Å². The van der Waals surface area contributed by atoms with Crippen LogP contribution in [0.15, 0.2) is 79.1 Å². The zero-order valence-electron chi connectivity index (χ0n) is 22.1. The highest BCUT2D eigenvalue weighted by Gasteiger charge is 2.30. The third-order valence-corrected chi connectivity index (χ3v) is 7.00. The molecule has 3 aromatic heterocycles. The van der Waals surface area contributed by atoms with Crippen molar-refractivity contribution in [2.75, 3.05) is 11.1 Å². The molecule has 4 N–H and O–H groups in total. The Bertz CT molecular complexity index is 1770. The number of carbonyl (C=O) groups excluding carboxylic acids is 3. The highest BCUT2D eigenvalue weighted by molar-refractivity contribution is 5.98. The van der Waals surface area contributed by atoms with Crippen LogP contribution in [0.1, 0.15) is 34.3 Å². The Morgan fingerprint density at radius 3 is 2.49 bits per heavy atom. The molecule has 2 amide bonds. The number of carbonyl (C=O) groups is 3. The van der Waals surface area contributed by atoms with Crippen LogP contribution in [0.5, 0.6) is 0 Å². The van der Waals surface area contributed by atoms with E-state index in [-0.39, 0.29) is 24.2 Å². The number of pyridine rings is 2. The molecule has 1 fully saturated rings. The lowest BCUT2D eigenvalue weighted by atomic mass is 10.1. The molecule has 41 heavy (non-hydrogen) atoms. The molecular weight excluding hydrogens is 518 g/mol. The maximum atomic E-state index is 12.7. The van der Waals surface area contributed by atoms with Crippen molar-refractivity contribution in [2.24, 2.45) is 5.92 Å². The Kier molecular flexibility index (Phi) is 6.95. The number of hydrogen-bond acceptors (Lipinski definition) is 7. The van der Waals surface area contributed by atoms with Crippen LogP contribution in [0.3, 0.4) is 0 Å². The summed E-state index contributed by atoms with van der Waals surface area (Å²) in [4.78, 5) is 49.8. The Hall–Kier alpha value is -5.38. The van der Waals surface area contributed by atoms with Gasteiger partial charge in [-0.15, -0.1) is 0 Å². The standard InChI is InChI=1S/C31H27N7O3/c32-28-24(3-1-13-33-28)29-36-25-4-2-14-34-30(25)38(29)23-11-6-19(7-12-23)17-35-27(40)16-20-5-8-22(18-39)26(15-20)37-31(41)21-9-10-21/h1-8,11-15,18,21H,9-10,16-17H2,(H2,32,33)(H,35,40)(H,37,41). The first-order valence-corrected chi connectivity index (χ1v) is 13.3. The van der Waals surface area contributed by atoms with Crippen LogP contribution in [0.4, 0.5) is 11.5 Å². The number of nitrogen functional groups attached to an aromatic ring is 1. The SMILES string of the molecule is Nc1ncccc1-c1nc2cccnc2n1-c1ccc(CNC(=O)Cc2ccc(C=O)c(NC(=O)C3CC3)c2)cc1. The van der Waals surface area contributed by atoms with E-state index in [0.29, 0.717) is 52.5 Å². The summed E-state index contributed by atoms with van der Waals surface area (Å²) in [7, 11) is 0. The van der Waals surface area contributed by atoms with E-state index in [1.165, 1.54) is 0 Å². The van der Waals surface area contributed by atoms with E-state index < -0.39 is 0 Å².